The van der Waals surface area contributed by atoms with Crippen LogP contribution in [0.25, 0.3) is 0 Å². The van der Waals surface area contributed by atoms with Crippen LogP contribution in [0.5, 0.6) is 0 Å². The van der Waals surface area contributed by atoms with Gasteiger partial charge in [0.15, 0.2) is 5.11 Å². The summed E-state index contributed by atoms with van der Waals surface area (Å²) in [4.78, 5) is 0. The maximum atomic E-state index is 6.26. The fraction of sp³-hybridized carbons (Fsp3) is 0.421. The summed E-state index contributed by atoms with van der Waals surface area (Å²) in [6.45, 7) is 6.14. The normalized spacial score (nSPS) is 16.8. The first-order valence-corrected chi connectivity index (χ1v) is 9.79. The Balaban J connectivity index is 1.58. The summed E-state index contributed by atoms with van der Waals surface area (Å²) in [5, 5.41) is 13.2. The zero-order valence-electron chi connectivity index (χ0n) is 15.5. The molecule has 8 heteroatoms. The van der Waals surface area contributed by atoms with Gasteiger partial charge in [0.2, 0.25) is 0 Å². The summed E-state index contributed by atoms with van der Waals surface area (Å²) < 4.78 is 7.50. The molecule has 0 bridgehead atoms. The number of rotatable bonds is 6. The number of nitrogens with one attached hydrogen (secondary N) is 2. The standard InChI is InChI=1S/C19H24ClN5OS/c1-13-17(11-22-23-19(27)21-10-16-7-5-9-26-16)14(2)25(24-13)12-15-6-3-4-8-18(15)20/h3-4,6,8,11,16H,5,7,9-10,12H2,1-2H3,(H2,21,23,27)/b22-11-/t16-/m0/s1. The average Bonchev–Trinajstić information content (AvgIpc) is 3.25. The van der Waals surface area contributed by atoms with Crippen molar-refractivity contribution >= 4 is 35.1 Å². The summed E-state index contributed by atoms with van der Waals surface area (Å²) in [7, 11) is 0. The van der Waals surface area contributed by atoms with Gasteiger partial charge in [-0.25, -0.2) is 0 Å². The molecule has 0 radical (unpaired) electrons. The highest BCUT2D eigenvalue weighted by Gasteiger charge is 2.15. The molecule has 1 fully saturated rings. The highest BCUT2D eigenvalue weighted by atomic mass is 35.5. The SMILES string of the molecule is Cc1nn(Cc2ccccc2Cl)c(C)c1/C=N\NC(=S)NC[C@@H]1CCCO1. The van der Waals surface area contributed by atoms with E-state index in [4.69, 9.17) is 28.6 Å². The third-order valence-electron chi connectivity index (χ3n) is 4.59. The molecule has 2 heterocycles. The molecule has 6 nitrogen and oxygen atoms in total. The van der Waals surface area contributed by atoms with Gasteiger partial charge < -0.3 is 10.1 Å². The predicted molar refractivity (Wildman–Crippen MR) is 113 cm³/mol. The first-order valence-electron chi connectivity index (χ1n) is 9.00. The van der Waals surface area contributed by atoms with Gasteiger partial charge in [-0.15, -0.1) is 0 Å². The van der Waals surface area contributed by atoms with Gasteiger partial charge in [-0.2, -0.15) is 10.2 Å². The van der Waals surface area contributed by atoms with Crippen LogP contribution < -0.4 is 10.7 Å². The monoisotopic (exact) mass is 405 g/mol. The molecule has 0 unspecified atom stereocenters. The van der Waals surface area contributed by atoms with Crippen LogP contribution in [0.1, 0.15) is 35.4 Å². The van der Waals surface area contributed by atoms with Crippen molar-refractivity contribution in [2.45, 2.75) is 39.3 Å². The van der Waals surface area contributed by atoms with Crippen LogP contribution in [0, 0.1) is 13.8 Å². The fourth-order valence-electron chi connectivity index (χ4n) is 3.05. The van der Waals surface area contributed by atoms with E-state index < -0.39 is 0 Å². The lowest BCUT2D eigenvalue weighted by molar-refractivity contribution is 0.114. The second-order valence-corrected chi connectivity index (χ2v) is 7.36. The fourth-order valence-corrected chi connectivity index (χ4v) is 3.38. The second kappa shape index (κ2) is 9.30. The van der Waals surface area contributed by atoms with Gasteiger partial charge in [0, 0.05) is 29.4 Å². The third-order valence-corrected chi connectivity index (χ3v) is 5.19. The van der Waals surface area contributed by atoms with Crippen LogP contribution in [-0.2, 0) is 11.3 Å². The highest BCUT2D eigenvalue weighted by Crippen LogP contribution is 2.18. The minimum absolute atomic E-state index is 0.237. The molecule has 0 aliphatic carbocycles. The predicted octanol–water partition coefficient (Wildman–Crippen LogP) is 3.18. The van der Waals surface area contributed by atoms with Crippen molar-refractivity contribution in [1.82, 2.24) is 20.5 Å². The van der Waals surface area contributed by atoms with Crippen LogP contribution in [0.15, 0.2) is 29.4 Å². The quantitative estimate of drug-likeness (QED) is 0.439. The highest BCUT2D eigenvalue weighted by molar-refractivity contribution is 7.80. The topological polar surface area (TPSA) is 63.5 Å². The van der Waals surface area contributed by atoms with Crippen LogP contribution in [0.3, 0.4) is 0 Å². The maximum absolute atomic E-state index is 6.26. The molecule has 27 heavy (non-hydrogen) atoms. The Kier molecular flexibility index (Phi) is 6.82. The van der Waals surface area contributed by atoms with Gasteiger partial charge in [-0.3, -0.25) is 10.1 Å². The lowest BCUT2D eigenvalue weighted by atomic mass is 10.2. The first-order chi connectivity index (χ1) is 13.0. The summed E-state index contributed by atoms with van der Waals surface area (Å²) >= 11 is 11.5. The van der Waals surface area contributed by atoms with Gasteiger partial charge in [0.25, 0.3) is 0 Å². The van der Waals surface area contributed by atoms with E-state index in [1.165, 1.54) is 0 Å². The summed E-state index contributed by atoms with van der Waals surface area (Å²) in [6.07, 6.45) is 4.17. The molecule has 0 amide bonds. The molecule has 3 rings (SSSR count). The van der Waals surface area contributed by atoms with Crippen molar-refractivity contribution in [2.24, 2.45) is 5.10 Å². The summed E-state index contributed by atoms with van der Waals surface area (Å²) in [5.41, 5.74) is 6.79. The zero-order valence-corrected chi connectivity index (χ0v) is 17.1. The molecule has 0 spiro atoms. The Morgan fingerprint density at radius 1 is 1.44 bits per heavy atom. The minimum Gasteiger partial charge on any atom is -0.376 e. The molecule has 1 aromatic carbocycles. The van der Waals surface area contributed by atoms with Crippen molar-refractivity contribution in [2.75, 3.05) is 13.2 Å². The maximum Gasteiger partial charge on any atom is 0.187 e. The smallest absolute Gasteiger partial charge is 0.187 e. The van der Waals surface area contributed by atoms with E-state index in [0.29, 0.717) is 18.2 Å². The van der Waals surface area contributed by atoms with Gasteiger partial charge in [0.1, 0.15) is 0 Å². The molecular weight excluding hydrogens is 382 g/mol. The number of hydrogen-bond acceptors (Lipinski definition) is 4. The van der Waals surface area contributed by atoms with Crippen LogP contribution in [0.2, 0.25) is 5.02 Å². The molecule has 1 aromatic heterocycles. The second-order valence-electron chi connectivity index (χ2n) is 6.55. The van der Waals surface area contributed by atoms with E-state index in [0.717, 1.165) is 47.0 Å². The lowest BCUT2D eigenvalue weighted by Crippen LogP contribution is -2.37. The summed E-state index contributed by atoms with van der Waals surface area (Å²) in [6, 6.07) is 7.79. The minimum atomic E-state index is 0.237. The van der Waals surface area contributed by atoms with E-state index in [-0.39, 0.29) is 6.10 Å². The van der Waals surface area contributed by atoms with Crippen LogP contribution in [-0.4, -0.2) is 40.4 Å². The van der Waals surface area contributed by atoms with E-state index in [1.54, 1.807) is 6.21 Å². The van der Waals surface area contributed by atoms with E-state index in [2.05, 4.69) is 20.9 Å². The number of benzene rings is 1. The molecule has 1 saturated heterocycles. The largest absolute Gasteiger partial charge is 0.376 e. The number of hydrazone groups is 1. The lowest BCUT2D eigenvalue weighted by Gasteiger charge is -2.11. The molecule has 1 aliphatic heterocycles. The Hall–Kier alpha value is -1.96. The molecule has 1 atom stereocenters. The number of aryl methyl sites for hydroxylation is 1. The van der Waals surface area contributed by atoms with Crippen LogP contribution in [0.4, 0.5) is 0 Å². The molecule has 144 valence electrons. The molecule has 1 aliphatic rings. The van der Waals surface area contributed by atoms with Crippen molar-refractivity contribution < 1.29 is 4.74 Å². The first kappa shape index (κ1) is 19.8. The summed E-state index contributed by atoms with van der Waals surface area (Å²) in [5.74, 6) is 0. The van der Waals surface area contributed by atoms with E-state index in [1.807, 2.05) is 42.8 Å². The van der Waals surface area contributed by atoms with Crippen molar-refractivity contribution in [3.63, 3.8) is 0 Å². The van der Waals surface area contributed by atoms with Crippen LogP contribution >= 0.6 is 23.8 Å². The van der Waals surface area contributed by atoms with Gasteiger partial charge in [-0.1, -0.05) is 29.8 Å². The molecular formula is C19H24ClN5OS. The number of hydrogen-bond donors (Lipinski definition) is 2. The third kappa shape index (κ3) is 5.28. The van der Waals surface area contributed by atoms with E-state index >= 15 is 0 Å². The van der Waals surface area contributed by atoms with Crippen molar-refractivity contribution in [3.8, 4) is 0 Å². The molecule has 2 N–H and O–H groups in total. The number of ether oxygens (including phenoxy) is 1. The number of halogens is 1. The van der Waals surface area contributed by atoms with Crippen molar-refractivity contribution in [3.05, 3.63) is 51.8 Å². The average molecular weight is 406 g/mol. The Labute approximate surface area is 169 Å². The Morgan fingerprint density at radius 3 is 3.00 bits per heavy atom. The number of aromatic nitrogens is 2. The number of nitrogens with zero attached hydrogens (tertiary/aromatic N) is 3. The Bertz CT molecular complexity index is 830. The van der Waals surface area contributed by atoms with Gasteiger partial charge in [0.05, 0.1) is 24.6 Å². The van der Waals surface area contributed by atoms with Crippen molar-refractivity contribution in [1.29, 1.82) is 0 Å². The Morgan fingerprint density at radius 2 is 2.26 bits per heavy atom. The van der Waals surface area contributed by atoms with Gasteiger partial charge >= 0.3 is 0 Å². The molecule has 0 saturated carbocycles. The molecule has 2 aromatic rings. The zero-order chi connectivity index (χ0) is 19.2. The van der Waals surface area contributed by atoms with E-state index in [9.17, 15) is 0 Å². The van der Waals surface area contributed by atoms with Gasteiger partial charge in [-0.05, 0) is 50.5 Å². The number of thiocarbonyl (C=S) groups is 1.